The van der Waals surface area contributed by atoms with E-state index >= 15 is 0 Å². The fraction of sp³-hybridized carbons (Fsp3) is 0.0526. The van der Waals surface area contributed by atoms with Crippen LogP contribution in [0.15, 0.2) is 66.7 Å². The molecule has 3 aromatic carbocycles. The molecule has 0 bridgehead atoms. The standard InChI is InChI=1S/C19H19N3/c20-12-13-2-1-3-15(10-13)19-11-17(22)8-9-18(19)14-4-6-16(21)7-5-14/h1-11H,12,20-22H2. The Bertz CT molecular complexity index is 792. The fourth-order valence-corrected chi connectivity index (χ4v) is 2.58. The van der Waals surface area contributed by atoms with E-state index in [2.05, 4.69) is 12.1 Å². The quantitative estimate of drug-likeness (QED) is 0.644. The van der Waals surface area contributed by atoms with Crippen LogP contribution >= 0.6 is 0 Å². The van der Waals surface area contributed by atoms with Gasteiger partial charge >= 0.3 is 0 Å². The first kappa shape index (κ1) is 14.2. The summed E-state index contributed by atoms with van der Waals surface area (Å²) in [5.74, 6) is 0. The summed E-state index contributed by atoms with van der Waals surface area (Å²) >= 11 is 0. The number of nitrogen functional groups attached to an aromatic ring is 2. The molecule has 0 heterocycles. The third-order valence-electron chi connectivity index (χ3n) is 3.74. The van der Waals surface area contributed by atoms with E-state index < -0.39 is 0 Å². The molecule has 0 saturated heterocycles. The highest BCUT2D eigenvalue weighted by molar-refractivity contribution is 5.86. The zero-order valence-electron chi connectivity index (χ0n) is 12.3. The van der Waals surface area contributed by atoms with E-state index in [9.17, 15) is 0 Å². The summed E-state index contributed by atoms with van der Waals surface area (Å²) in [4.78, 5) is 0. The minimum atomic E-state index is 0.521. The molecule has 0 atom stereocenters. The maximum absolute atomic E-state index is 5.99. The zero-order chi connectivity index (χ0) is 15.5. The summed E-state index contributed by atoms with van der Waals surface area (Å²) in [6.07, 6.45) is 0. The van der Waals surface area contributed by atoms with Crippen molar-refractivity contribution < 1.29 is 0 Å². The van der Waals surface area contributed by atoms with Crippen LogP contribution in [0.5, 0.6) is 0 Å². The van der Waals surface area contributed by atoms with Gasteiger partial charge in [-0.15, -0.1) is 0 Å². The van der Waals surface area contributed by atoms with Crippen LogP contribution in [-0.4, -0.2) is 0 Å². The minimum Gasteiger partial charge on any atom is -0.399 e. The van der Waals surface area contributed by atoms with Crippen LogP contribution in [0, 0.1) is 0 Å². The van der Waals surface area contributed by atoms with Crippen LogP contribution in [0.1, 0.15) is 5.56 Å². The second-order valence-corrected chi connectivity index (χ2v) is 5.33. The van der Waals surface area contributed by atoms with Gasteiger partial charge in [-0.25, -0.2) is 0 Å². The van der Waals surface area contributed by atoms with E-state index in [1.165, 1.54) is 0 Å². The Kier molecular flexibility index (Phi) is 3.81. The van der Waals surface area contributed by atoms with Crippen molar-refractivity contribution in [2.75, 3.05) is 11.5 Å². The Morgan fingerprint density at radius 2 is 1.36 bits per heavy atom. The first-order valence-electron chi connectivity index (χ1n) is 7.22. The zero-order valence-corrected chi connectivity index (χ0v) is 12.3. The molecule has 3 nitrogen and oxygen atoms in total. The third-order valence-corrected chi connectivity index (χ3v) is 3.74. The summed E-state index contributed by atoms with van der Waals surface area (Å²) in [5.41, 5.74) is 24.6. The monoisotopic (exact) mass is 289 g/mol. The van der Waals surface area contributed by atoms with E-state index in [-0.39, 0.29) is 0 Å². The number of hydrogen-bond donors (Lipinski definition) is 3. The first-order valence-corrected chi connectivity index (χ1v) is 7.22. The van der Waals surface area contributed by atoms with Crippen LogP contribution in [-0.2, 0) is 6.54 Å². The van der Waals surface area contributed by atoms with E-state index in [4.69, 9.17) is 17.2 Å². The van der Waals surface area contributed by atoms with Crippen molar-refractivity contribution in [3.05, 3.63) is 72.3 Å². The minimum absolute atomic E-state index is 0.521. The summed E-state index contributed by atoms with van der Waals surface area (Å²) < 4.78 is 0. The molecule has 0 unspecified atom stereocenters. The number of anilines is 2. The Balaban J connectivity index is 2.17. The maximum Gasteiger partial charge on any atom is 0.0320 e. The molecule has 22 heavy (non-hydrogen) atoms. The molecule has 0 saturated carbocycles. The largest absolute Gasteiger partial charge is 0.399 e. The average Bonchev–Trinajstić information content (AvgIpc) is 2.56. The van der Waals surface area contributed by atoms with Gasteiger partial charge < -0.3 is 17.2 Å². The third kappa shape index (κ3) is 2.80. The molecule has 0 aliphatic heterocycles. The Hall–Kier alpha value is -2.78. The van der Waals surface area contributed by atoms with Gasteiger partial charge in [-0.05, 0) is 58.1 Å². The molecule has 0 radical (unpaired) electrons. The van der Waals surface area contributed by atoms with Gasteiger partial charge in [-0.3, -0.25) is 0 Å². The number of hydrogen-bond acceptors (Lipinski definition) is 3. The lowest BCUT2D eigenvalue weighted by Gasteiger charge is -2.12. The Morgan fingerprint density at radius 3 is 2.09 bits per heavy atom. The molecule has 0 amide bonds. The second-order valence-electron chi connectivity index (χ2n) is 5.33. The molecule has 3 heteroatoms. The SMILES string of the molecule is NCc1cccc(-c2cc(N)ccc2-c2ccc(N)cc2)c1. The molecular formula is C19H19N3. The van der Waals surface area contributed by atoms with Crippen molar-refractivity contribution in [3.63, 3.8) is 0 Å². The number of nitrogens with two attached hydrogens (primary N) is 3. The van der Waals surface area contributed by atoms with Gasteiger partial charge in [0, 0.05) is 17.9 Å². The molecule has 6 N–H and O–H groups in total. The van der Waals surface area contributed by atoms with Gasteiger partial charge in [0.05, 0.1) is 0 Å². The Labute approximate surface area is 130 Å². The fourth-order valence-electron chi connectivity index (χ4n) is 2.58. The van der Waals surface area contributed by atoms with E-state index in [0.717, 1.165) is 39.2 Å². The van der Waals surface area contributed by atoms with Crippen molar-refractivity contribution in [2.45, 2.75) is 6.54 Å². The van der Waals surface area contributed by atoms with Crippen molar-refractivity contribution in [2.24, 2.45) is 5.73 Å². The molecule has 110 valence electrons. The smallest absolute Gasteiger partial charge is 0.0320 e. The van der Waals surface area contributed by atoms with E-state index in [1.54, 1.807) is 0 Å². The maximum atomic E-state index is 5.99. The van der Waals surface area contributed by atoms with Crippen LogP contribution in [0.4, 0.5) is 11.4 Å². The second kappa shape index (κ2) is 5.92. The van der Waals surface area contributed by atoms with Crippen molar-refractivity contribution in [1.82, 2.24) is 0 Å². The summed E-state index contributed by atoms with van der Waals surface area (Å²) in [7, 11) is 0. The molecule has 0 fully saturated rings. The molecule has 0 aliphatic rings. The summed E-state index contributed by atoms with van der Waals surface area (Å²) in [6.45, 7) is 0.521. The summed E-state index contributed by atoms with van der Waals surface area (Å²) in [5, 5.41) is 0. The predicted octanol–water partition coefficient (Wildman–Crippen LogP) is 3.64. The van der Waals surface area contributed by atoms with Gasteiger partial charge in [0.15, 0.2) is 0 Å². The topological polar surface area (TPSA) is 78.1 Å². The highest BCUT2D eigenvalue weighted by atomic mass is 14.5. The van der Waals surface area contributed by atoms with Crippen LogP contribution < -0.4 is 17.2 Å². The van der Waals surface area contributed by atoms with Gasteiger partial charge in [0.1, 0.15) is 0 Å². The number of rotatable bonds is 3. The van der Waals surface area contributed by atoms with Gasteiger partial charge in [0.2, 0.25) is 0 Å². The van der Waals surface area contributed by atoms with Crippen molar-refractivity contribution in [1.29, 1.82) is 0 Å². The van der Waals surface area contributed by atoms with Crippen molar-refractivity contribution in [3.8, 4) is 22.3 Å². The predicted molar refractivity (Wildman–Crippen MR) is 94.0 cm³/mol. The van der Waals surface area contributed by atoms with Gasteiger partial charge in [-0.1, -0.05) is 36.4 Å². The Morgan fingerprint density at radius 1 is 0.636 bits per heavy atom. The average molecular weight is 289 g/mol. The van der Waals surface area contributed by atoms with Crippen molar-refractivity contribution >= 4 is 11.4 Å². The van der Waals surface area contributed by atoms with Crippen LogP contribution in [0.25, 0.3) is 22.3 Å². The lowest BCUT2D eigenvalue weighted by Crippen LogP contribution is -1.96. The molecule has 0 spiro atoms. The van der Waals surface area contributed by atoms with Gasteiger partial charge in [-0.2, -0.15) is 0 Å². The van der Waals surface area contributed by atoms with E-state index in [0.29, 0.717) is 6.54 Å². The highest BCUT2D eigenvalue weighted by Gasteiger charge is 2.08. The van der Waals surface area contributed by atoms with Gasteiger partial charge in [0.25, 0.3) is 0 Å². The lowest BCUT2D eigenvalue weighted by atomic mass is 9.93. The first-order chi connectivity index (χ1) is 10.7. The van der Waals surface area contributed by atoms with E-state index in [1.807, 2.05) is 54.6 Å². The molecule has 3 rings (SSSR count). The lowest BCUT2D eigenvalue weighted by molar-refractivity contribution is 1.07. The highest BCUT2D eigenvalue weighted by Crippen LogP contribution is 2.34. The molecule has 0 aliphatic carbocycles. The molecule has 0 aromatic heterocycles. The number of benzene rings is 3. The van der Waals surface area contributed by atoms with Crippen LogP contribution in [0.3, 0.4) is 0 Å². The summed E-state index contributed by atoms with van der Waals surface area (Å²) in [6, 6.07) is 22.1. The molecular weight excluding hydrogens is 270 g/mol. The normalized spacial score (nSPS) is 10.6. The molecule has 3 aromatic rings. The van der Waals surface area contributed by atoms with Crippen LogP contribution in [0.2, 0.25) is 0 Å².